The van der Waals surface area contributed by atoms with Crippen molar-refractivity contribution in [3.63, 3.8) is 0 Å². The molecule has 0 bridgehead atoms. The van der Waals surface area contributed by atoms with Crippen LogP contribution in [0.3, 0.4) is 0 Å². The highest BCUT2D eigenvalue weighted by atomic mass is 35.5. The molecular weight excluding hydrogens is 224 g/mol. The van der Waals surface area contributed by atoms with E-state index in [9.17, 15) is 0 Å². The number of halogens is 1. The standard InChI is InChI=1S/C11H15ClN4/c1-4-8(5-2)16-9-6-7(3)13-11(12)10(9)14-15-16/h6,8H,4-5H2,1-3H3. The van der Waals surface area contributed by atoms with Gasteiger partial charge in [-0.05, 0) is 25.8 Å². The van der Waals surface area contributed by atoms with E-state index in [2.05, 4.69) is 29.1 Å². The molecule has 16 heavy (non-hydrogen) atoms. The van der Waals surface area contributed by atoms with Gasteiger partial charge in [0.05, 0.1) is 11.6 Å². The molecule has 0 fully saturated rings. The highest BCUT2D eigenvalue weighted by Crippen LogP contribution is 2.24. The first-order valence-corrected chi connectivity index (χ1v) is 5.93. The normalized spacial score (nSPS) is 11.6. The molecule has 0 amide bonds. The number of rotatable bonds is 3. The van der Waals surface area contributed by atoms with Crippen LogP contribution < -0.4 is 0 Å². The molecule has 0 saturated heterocycles. The molecule has 0 radical (unpaired) electrons. The van der Waals surface area contributed by atoms with Gasteiger partial charge >= 0.3 is 0 Å². The van der Waals surface area contributed by atoms with E-state index >= 15 is 0 Å². The van der Waals surface area contributed by atoms with Gasteiger partial charge in [-0.15, -0.1) is 5.10 Å². The number of hydrogen-bond acceptors (Lipinski definition) is 3. The summed E-state index contributed by atoms with van der Waals surface area (Å²) in [6, 6.07) is 2.36. The van der Waals surface area contributed by atoms with Crippen molar-refractivity contribution in [3.8, 4) is 0 Å². The summed E-state index contributed by atoms with van der Waals surface area (Å²) in [5, 5.41) is 8.71. The Hall–Kier alpha value is -1.16. The smallest absolute Gasteiger partial charge is 0.159 e. The summed E-state index contributed by atoms with van der Waals surface area (Å²) in [7, 11) is 0. The largest absolute Gasteiger partial charge is 0.241 e. The van der Waals surface area contributed by atoms with Crippen LogP contribution in [-0.4, -0.2) is 20.0 Å². The molecule has 0 aromatic carbocycles. The fraction of sp³-hybridized carbons (Fsp3) is 0.545. The second-order valence-electron chi connectivity index (χ2n) is 3.93. The summed E-state index contributed by atoms with van der Waals surface area (Å²) in [5.74, 6) is 0. The summed E-state index contributed by atoms with van der Waals surface area (Å²) in [6.07, 6.45) is 2.07. The topological polar surface area (TPSA) is 43.6 Å². The van der Waals surface area contributed by atoms with Crippen LogP contribution in [0.2, 0.25) is 5.15 Å². The van der Waals surface area contributed by atoms with Crippen LogP contribution in [0.5, 0.6) is 0 Å². The number of aromatic nitrogens is 4. The van der Waals surface area contributed by atoms with Crippen LogP contribution in [0, 0.1) is 6.92 Å². The van der Waals surface area contributed by atoms with E-state index in [1.54, 1.807) is 0 Å². The molecule has 0 aliphatic heterocycles. The van der Waals surface area contributed by atoms with Crippen LogP contribution in [0.25, 0.3) is 11.0 Å². The van der Waals surface area contributed by atoms with Crippen LogP contribution in [0.15, 0.2) is 6.07 Å². The molecule has 0 unspecified atom stereocenters. The molecule has 86 valence electrons. The lowest BCUT2D eigenvalue weighted by Gasteiger charge is -2.13. The predicted molar refractivity (Wildman–Crippen MR) is 64.7 cm³/mol. The van der Waals surface area contributed by atoms with E-state index in [0.29, 0.717) is 16.7 Å². The van der Waals surface area contributed by atoms with Gasteiger partial charge in [-0.1, -0.05) is 30.7 Å². The lowest BCUT2D eigenvalue weighted by Crippen LogP contribution is -2.08. The van der Waals surface area contributed by atoms with Gasteiger partial charge in [0.1, 0.15) is 5.52 Å². The number of aryl methyl sites for hydroxylation is 1. The molecule has 0 N–H and O–H groups in total. The molecule has 2 rings (SSSR count). The molecule has 2 heterocycles. The van der Waals surface area contributed by atoms with Gasteiger partial charge in [0.15, 0.2) is 5.15 Å². The summed E-state index contributed by atoms with van der Waals surface area (Å²) in [4.78, 5) is 4.18. The monoisotopic (exact) mass is 238 g/mol. The number of pyridine rings is 1. The van der Waals surface area contributed by atoms with E-state index < -0.39 is 0 Å². The Balaban J connectivity index is 2.63. The summed E-state index contributed by atoms with van der Waals surface area (Å²) >= 11 is 6.04. The SMILES string of the molecule is CCC(CC)n1nnc2c(Cl)nc(C)cc21. The molecule has 0 spiro atoms. The fourth-order valence-electron chi connectivity index (χ4n) is 1.92. The van der Waals surface area contributed by atoms with Crippen molar-refractivity contribution in [2.45, 2.75) is 39.7 Å². The van der Waals surface area contributed by atoms with Crippen molar-refractivity contribution in [2.24, 2.45) is 0 Å². The van der Waals surface area contributed by atoms with Crippen molar-refractivity contribution in [1.29, 1.82) is 0 Å². The van der Waals surface area contributed by atoms with E-state index in [0.717, 1.165) is 24.1 Å². The van der Waals surface area contributed by atoms with E-state index in [4.69, 9.17) is 11.6 Å². The van der Waals surface area contributed by atoms with Crippen LogP contribution in [-0.2, 0) is 0 Å². The minimum Gasteiger partial charge on any atom is -0.241 e. The Kier molecular flexibility index (Phi) is 3.10. The molecule has 4 nitrogen and oxygen atoms in total. The number of fused-ring (bicyclic) bond motifs is 1. The minimum atomic E-state index is 0.378. The minimum absolute atomic E-state index is 0.378. The van der Waals surface area contributed by atoms with Gasteiger partial charge in [0.2, 0.25) is 0 Å². The summed E-state index contributed by atoms with van der Waals surface area (Å²) < 4.78 is 1.95. The van der Waals surface area contributed by atoms with Crippen molar-refractivity contribution in [3.05, 3.63) is 16.9 Å². The predicted octanol–water partition coefficient (Wildman–Crippen LogP) is 3.15. The molecular formula is C11H15ClN4. The lowest BCUT2D eigenvalue weighted by atomic mass is 10.2. The van der Waals surface area contributed by atoms with Crippen molar-refractivity contribution in [2.75, 3.05) is 0 Å². The van der Waals surface area contributed by atoms with Crippen LogP contribution in [0.1, 0.15) is 38.4 Å². The average Bonchev–Trinajstić information content (AvgIpc) is 2.64. The maximum absolute atomic E-state index is 6.04. The second-order valence-corrected chi connectivity index (χ2v) is 4.28. The maximum Gasteiger partial charge on any atom is 0.159 e. The molecule has 2 aromatic rings. The molecule has 0 aliphatic rings. The van der Waals surface area contributed by atoms with E-state index in [1.165, 1.54) is 0 Å². The number of nitrogens with zero attached hydrogens (tertiary/aromatic N) is 4. The summed E-state index contributed by atoms with van der Waals surface area (Å²) in [6.45, 7) is 6.23. The Morgan fingerprint density at radius 2 is 2.06 bits per heavy atom. The number of hydrogen-bond donors (Lipinski definition) is 0. The van der Waals surface area contributed by atoms with E-state index in [1.807, 2.05) is 17.7 Å². The third-order valence-corrected chi connectivity index (χ3v) is 3.10. The summed E-state index contributed by atoms with van der Waals surface area (Å²) in [5.41, 5.74) is 2.57. The zero-order chi connectivity index (χ0) is 11.7. The van der Waals surface area contributed by atoms with Gasteiger partial charge in [-0.3, -0.25) is 0 Å². The van der Waals surface area contributed by atoms with Gasteiger partial charge in [0.25, 0.3) is 0 Å². The fourth-order valence-corrected chi connectivity index (χ4v) is 2.19. The third kappa shape index (κ3) is 1.78. The van der Waals surface area contributed by atoms with Gasteiger partial charge in [-0.25, -0.2) is 9.67 Å². The molecule has 0 atom stereocenters. The Labute approximate surface area is 99.6 Å². The quantitative estimate of drug-likeness (QED) is 0.772. The zero-order valence-electron chi connectivity index (χ0n) is 9.74. The Morgan fingerprint density at radius 3 is 2.69 bits per heavy atom. The average molecular weight is 239 g/mol. The van der Waals surface area contributed by atoms with Crippen LogP contribution in [0.4, 0.5) is 0 Å². The first kappa shape index (κ1) is 11.3. The zero-order valence-corrected chi connectivity index (χ0v) is 10.5. The molecule has 5 heteroatoms. The van der Waals surface area contributed by atoms with Crippen molar-refractivity contribution >= 4 is 22.6 Å². The van der Waals surface area contributed by atoms with Crippen molar-refractivity contribution < 1.29 is 0 Å². The molecule has 0 aliphatic carbocycles. The van der Waals surface area contributed by atoms with Crippen molar-refractivity contribution in [1.82, 2.24) is 20.0 Å². The van der Waals surface area contributed by atoms with E-state index in [-0.39, 0.29) is 0 Å². The van der Waals surface area contributed by atoms with Crippen LogP contribution >= 0.6 is 11.6 Å². The Bertz CT molecular complexity index is 502. The maximum atomic E-state index is 6.04. The molecule has 2 aromatic heterocycles. The van der Waals surface area contributed by atoms with Gasteiger partial charge in [-0.2, -0.15) is 0 Å². The third-order valence-electron chi connectivity index (χ3n) is 2.83. The Morgan fingerprint density at radius 1 is 1.38 bits per heavy atom. The first-order chi connectivity index (χ1) is 7.67. The van der Waals surface area contributed by atoms with Gasteiger partial charge in [0, 0.05) is 5.69 Å². The second kappa shape index (κ2) is 4.37. The first-order valence-electron chi connectivity index (χ1n) is 5.55. The molecule has 0 saturated carbocycles. The highest BCUT2D eigenvalue weighted by Gasteiger charge is 2.15. The van der Waals surface area contributed by atoms with Gasteiger partial charge < -0.3 is 0 Å². The lowest BCUT2D eigenvalue weighted by molar-refractivity contribution is 0.430. The highest BCUT2D eigenvalue weighted by molar-refractivity contribution is 6.33.